The summed E-state index contributed by atoms with van der Waals surface area (Å²) in [5.74, 6) is 1.73. The fourth-order valence-corrected chi connectivity index (χ4v) is 4.68. The second-order valence-electron chi connectivity index (χ2n) is 8.77. The lowest BCUT2D eigenvalue weighted by Gasteiger charge is -2.36. The number of aryl methyl sites for hydroxylation is 1. The highest BCUT2D eigenvalue weighted by Crippen LogP contribution is 2.33. The summed E-state index contributed by atoms with van der Waals surface area (Å²) in [5.41, 5.74) is 2.82. The number of amides is 1. The Balaban J connectivity index is 1.29. The smallest absolute Gasteiger partial charge is 0.238 e. The minimum Gasteiger partial charge on any atom is -0.453 e. The van der Waals surface area contributed by atoms with E-state index in [2.05, 4.69) is 29.1 Å². The van der Waals surface area contributed by atoms with Crippen molar-refractivity contribution >= 4 is 34.2 Å². The molecule has 0 saturated heterocycles. The first kappa shape index (κ1) is 21.7. The van der Waals surface area contributed by atoms with Crippen molar-refractivity contribution in [3.63, 3.8) is 0 Å². The molecule has 7 nitrogen and oxygen atoms in total. The molecule has 1 amide bonds. The van der Waals surface area contributed by atoms with E-state index >= 15 is 0 Å². The molecule has 2 aromatic carbocycles. The predicted octanol–water partition coefficient (Wildman–Crippen LogP) is 4.84. The Morgan fingerprint density at radius 1 is 1.21 bits per heavy atom. The zero-order valence-electron chi connectivity index (χ0n) is 18.6. The summed E-state index contributed by atoms with van der Waals surface area (Å²) in [7, 11) is 4.10. The standard InChI is InChI=1S/C25H25ClN4O3/c1-29(2)14-16-11-18-12-19(26)7-8-20(18)30(15-16)24(31)10-9-23-27-25(28-33-23)22-13-17-5-3-4-6-21(17)32-22/h3-8,12-13,16H,9-11,14-15H2,1-2H3. The van der Waals surface area contributed by atoms with Crippen LogP contribution in [0.15, 0.2) is 57.5 Å². The number of hydrogen-bond donors (Lipinski definition) is 0. The molecule has 0 bridgehead atoms. The highest BCUT2D eigenvalue weighted by atomic mass is 35.5. The van der Waals surface area contributed by atoms with Crippen molar-refractivity contribution in [1.82, 2.24) is 15.0 Å². The van der Waals surface area contributed by atoms with Crippen LogP contribution in [0, 0.1) is 5.92 Å². The van der Waals surface area contributed by atoms with Gasteiger partial charge in [-0.1, -0.05) is 35.0 Å². The van der Waals surface area contributed by atoms with Gasteiger partial charge in [0.05, 0.1) is 0 Å². The van der Waals surface area contributed by atoms with Gasteiger partial charge >= 0.3 is 0 Å². The van der Waals surface area contributed by atoms with E-state index in [9.17, 15) is 4.79 Å². The Bertz CT molecular complexity index is 1260. The van der Waals surface area contributed by atoms with Crippen LogP contribution in [-0.4, -0.2) is 48.1 Å². The molecule has 1 aliphatic heterocycles. The number of halogens is 1. The zero-order chi connectivity index (χ0) is 22.9. The number of fused-ring (bicyclic) bond motifs is 2. The van der Waals surface area contributed by atoms with Gasteiger partial charge in [-0.2, -0.15) is 4.98 Å². The Labute approximate surface area is 196 Å². The number of furan rings is 1. The molecule has 0 N–H and O–H groups in total. The van der Waals surface area contributed by atoms with Crippen molar-refractivity contribution < 1.29 is 13.7 Å². The van der Waals surface area contributed by atoms with Crippen LogP contribution in [0.3, 0.4) is 0 Å². The molecule has 0 radical (unpaired) electrons. The van der Waals surface area contributed by atoms with Gasteiger partial charge in [0, 0.05) is 42.0 Å². The largest absolute Gasteiger partial charge is 0.453 e. The van der Waals surface area contributed by atoms with Crippen molar-refractivity contribution in [1.29, 1.82) is 0 Å². The van der Waals surface area contributed by atoms with E-state index < -0.39 is 0 Å². The van der Waals surface area contributed by atoms with Crippen molar-refractivity contribution in [2.75, 3.05) is 32.1 Å². The number of carbonyl (C=O) groups excluding carboxylic acids is 1. The summed E-state index contributed by atoms with van der Waals surface area (Å²) in [4.78, 5) is 21.7. The first-order valence-electron chi connectivity index (χ1n) is 11.0. The lowest BCUT2D eigenvalue weighted by molar-refractivity contribution is -0.118. The van der Waals surface area contributed by atoms with Crippen molar-refractivity contribution in [3.8, 4) is 11.6 Å². The molecule has 3 heterocycles. The second-order valence-corrected chi connectivity index (χ2v) is 9.21. The number of nitrogens with zero attached hydrogens (tertiary/aromatic N) is 4. The van der Waals surface area contributed by atoms with E-state index in [0.29, 0.717) is 41.4 Å². The number of rotatable bonds is 6. The minimum absolute atomic E-state index is 0.0329. The van der Waals surface area contributed by atoms with Crippen molar-refractivity contribution in [3.05, 3.63) is 65.0 Å². The monoisotopic (exact) mass is 464 g/mol. The minimum atomic E-state index is 0.0329. The number of hydrogen-bond acceptors (Lipinski definition) is 6. The van der Waals surface area contributed by atoms with Crippen molar-refractivity contribution in [2.24, 2.45) is 5.92 Å². The summed E-state index contributed by atoms with van der Waals surface area (Å²) in [5, 5.41) is 5.70. The number of carbonyl (C=O) groups is 1. The lowest BCUT2D eigenvalue weighted by Crippen LogP contribution is -2.43. The molecular formula is C25H25ClN4O3. The van der Waals surface area contributed by atoms with Gasteiger partial charge in [-0.15, -0.1) is 0 Å². The van der Waals surface area contributed by atoms with Gasteiger partial charge in [0.2, 0.25) is 17.6 Å². The van der Waals surface area contributed by atoms with E-state index in [1.54, 1.807) is 0 Å². The topological polar surface area (TPSA) is 75.6 Å². The number of anilines is 1. The van der Waals surface area contributed by atoms with Gasteiger partial charge in [0.25, 0.3) is 0 Å². The van der Waals surface area contributed by atoms with Crippen LogP contribution in [0.25, 0.3) is 22.6 Å². The van der Waals surface area contributed by atoms with Crippen molar-refractivity contribution in [2.45, 2.75) is 19.3 Å². The third kappa shape index (κ3) is 4.65. The maximum absolute atomic E-state index is 13.2. The molecule has 0 aliphatic carbocycles. The molecule has 8 heteroatoms. The molecule has 2 aromatic heterocycles. The number of aromatic nitrogens is 2. The molecular weight excluding hydrogens is 440 g/mol. The number of benzene rings is 2. The Morgan fingerprint density at radius 2 is 2.06 bits per heavy atom. The molecule has 4 aromatic rings. The lowest BCUT2D eigenvalue weighted by atomic mass is 9.91. The van der Waals surface area contributed by atoms with Crippen LogP contribution >= 0.6 is 11.6 Å². The average molecular weight is 465 g/mol. The van der Waals surface area contributed by atoms with Crippen LogP contribution in [0.1, 0.15) is 17.9 Å². The Hall–Kier alpha value is -3.16. The van der Waals surface area contributed by atoms with Gasteiger partial charge < -0.3 is 18.7 Å². The molecule has 0 spiro atoms. The van der Waals surface area contributed by atoms with E-state index in [4.69, 9.17) is 20.5 Å². The molecule has 1 aliphatic rings. The van der Waals surface area contributed by atoms with E-state index in [1.165, 1.54) is 0 Å². The highest BCUT2D eigenvalue weighted by molar-refractivity contribution is 6.30. The second kappa shape index (κ2) is 9.00. The fourth-order valence-electron chi connectivity index (χ4n) is 4.49. The van der Waals surface area contributed by atoms with E-state index in [-0.39, 0.29) is 12.3 Å². The SMILES string of the molecule is CN(C)CC1Cc2cc(Cl)ccc2N(C(=O)CCc2nc(-c3cc4ccccc4o3)no2)C1. The molecule has 1 unspecified atom stereocenters. The van der Waals surface area contributed by atoms with Gasteiger partial charge in [-0.3, -0.25) is 4.79 Å². The van der Waals surface area contributed by atoms with E-state index in [0.717, 1.165) is 35.2 Å². The summed E-state index contributed by atoms with van der Waals surface area (Å²) in [6.07, 6.45) is 1.55. The fraction of sp³-hybridized carbons (Fsp3) is 0.320. The van der Waals surface area contributed by atoms with Gasteiger partial charge in [0.1, 0.15) is 5.58 Å². The highest BCUT2D eigenvalue weighted by Gasteiger charge is 2.29. The average Bonchev–Trinajstić information content (AvgIpc) is 3.43. The maximum Gasteiger partial charge on any atom is 0.238 e. The molecule has 170 valence electrons. The quantitative estimate of drug-likeness (QED) is 0.406. The zero-order valence-corrected chi connectivity index (χ0v) is 19.4. The molecule has 5 rings (SSSR count). The third-order valence-electron chi connectivity index (χ3n) is 5.87. The van der Waals surface area contributed by atoms with Crippen LogP contribution in [0.2, 0.25) is 5.02 Å². The Morgan fingerprint density at radius 3 is 2.88 bits per heavy atom. The maximum atomic E-state index is 13.2. The first-order chi connectivity index (χ1) is 16.0. The first-order valence-corrected chi connectivity index (χ1v) is 11.4. The van der Waals surface area contributed by atoms with Crippen LogP contribution in [0.4, 0.5) is 5.69 Å². The Kier molecular flexibility index (Phi) is 5.91. The summed E-state index contributed by atoms with van der Waals surface area (Å²) in [6.45, 7) is 1.58. The summed E-state index contributed by atoms with van der Waals surface area (Å²) in [6, 6.07) is 15.4. The third-order valence-corrected chi connectivity index (χ3v) is 6.11. The molecule has 1 atom stereocenters. The van der Waals surface area contributed by atoms with Crippen LogP contribution in [0.5, 0.6) is 0 Å². The molecule has 0 saturated carbocycles. The van der Waals surface area contributed by atoms with Crippen LogP contribution in [-0.2, 0) is 17.6 Å². The van der Waals surface area contributed by atoms with Gasteiger partial charge in [-0.25, -0.2) is 0 Å². The van der Waals surface area contributed by atoms with Crippen LogP contribution < -0.4 is 4.90 Å². The normalized spacial score (nSPS) is 15.9. The predicted molar refractivity (Wildman–Crippen MR) is 127 cm³/mol. The molecule has 0 fully saturated rings. The van der Waals surface area contributed by atoms with Gasteiger partial charge in [-0.05, 0) is 62.3 Å². The van der Waals surface area contributed by atoms with Gasteiger partial charge in [0.15, 0.2) is 5.76 Å². The molecule has 33 heavy (non-hydrogen) atoms. The number of para-hydroxylation sites is 1. The summed E-state index contributed by atoms with van der Waals surface area (Å²) < 4.78 is 11.2. The summed E-state index contributed by atoms with van der Waals surface area (Å²) >= 11 is 6.23. The van der Waals surface area contributed by atoms with E-state index in [1.807, 2.05) is 53.4 Å².